The standard InChI is InChI=1S/C19H28N8O2.HI/c1-5-20-18(23-11-19(3,28)15-7-6-13(2)29-15)22-9-8-21-16-14-10-26-27(4)17(14)25-12-24-16;/h6-7,10,12,28H,5,8-9,11H2,1-4H3,(H2,20,22,23)(H,21,24,25);1H. The third-order valence-corrected chi connectivity index (χ3v) is 4.40. The predicted molar refractivity (Wildman–Crippen MR) is 127 cm³/mol. The summed E-state index contributed by atoms with van der Waals surface area (Å²) in [6.45, 7) is 7.64. The number of anilines is 1. The number of hydrogen-bond donors (Lipinski definition) is 4. The monoisotopic (exact) mass is 528 g/mol. The number of halogens is 1. The summed E-state index contributed by atoms with van der Waals surface area (Å²) in [5.74, 6) is 2.61. The van der Waals surface area contributed by atoms with Crippen molar-refractivity contribution in [3.05, 3.63) is 36.2 Å². The Kier molecular flexibility index (Phi) is 8.41. The van der Waals surface area contributed by atoms with E-state index in [2.05, 4.69) is 36.0 Å². The molecule has 0 saturated heterocycles. The predicted octanol–water partition coefficient (Wildman–Crippen LogP) is 1.76. The van der Waals surface area contributed by atoms with Crippen molar-refractivity contribution in [2.24, 2.45) is 12.0 Å². The number of fused-ring (bicyclic) bond motifs is 1. The van der Waals surface area contributed by atoms with Crippen molar-refractivity contribution in [3.8, 4) is 0 Å². The molecule has 0 aromatic carbocycles. The molecule has 0 amide bonds. The molecule has 30 heavy (non-hydrogen) atoms. The number of aryl methyl sites for hydroxylation is 2. The average molecular weight is 528 g/mol. The van der Waals surface area contributed by atoms with Crippen LogP contribution in [0.5, 0.6) is 0 Å². The highest BCUT2D eigenvalue weighted by Gasteiger charge is 2.26. The van der Waals surface area contributed by atoms with Gasteiger partial charge >= 0.3 is 0 Å². The van der Waals surface area contributed by atoms with Crippen LogP contribution in [0.3, 0.4) is 0 Å². The van der Waals surface area contributed by atoms with Crippen molar-refractivity contribution in [3.63, 3.8) is 0 Å². The zero-order valence-electron chi connectivity index (χ0n) is 17.6. The minimum atomic E-state index is -1.18. The van der Waals surface area contributed by atoms with E-state index >= 15 is 0 Å². The molecule has 3 aromatic rings. The lowest BCUT2D eigenvalue weighted by Crippen LogP contribution is -2.40. The van der Waals surface area contributed by atoms with E-state index in [1.165, 1.54) is 6.33 Å². The van der Waals surface area contributed by atoms with Crippen LogP contribution in [-0.4, -0.2) is 57.0 Å². The van der Waals surface area contributed by atoms with E-state index in [0.717, 1.165) is 22.6 Å². The van der Waals surface area contributed by atoms with E-state index in [-0.39, 0.29) is 30.5 Å². The topological polar surface area (TPSA) is 125 Å². The maximum Gasteiger partial charge on any atom is 0.191 e. The van der Waals surface area contributed by atoms with Crippen molar-refractivity contribution >= 4 is 46.8 Å². The van der Waals surface area contributed by atoms with Crippen LogP contribution in [-0.2, 0) is 12.6 Å². The van der Waals surface area contributed by atoms with Gasteiger partial charge < -0.3 is 25.5 Å². The molecule has 0 bridgehead atoms. The normalized spacial score (nSPS) is 13.6. The Balaban J connectivity index is 0.00000320. The first-order valence-electron chi connectivity index (χ1n) is 9.58. The third kappa shape index (κ3) is 5.81. The number of furan rings is 1. The molecule has 3 rings (SSSR count). The molecule has 11 heteroatoms. The molecule has 3 aromatic heterocycles. The molecule has 0 fully saturated rings. The zero-order valence-corrected chi connectivity index (χ0v) is 20.0. The van der Waals surface area contributed by atoms with Crippen LogP contribution in [0.1, 0.15) is 25.4 Å². The lowest BCUT2D eigenvalue weighted by atomic mass is 10.0. The average Bonchev–Trinajstić information content (AvgIpc) is 3.30. The van der Waals surface area contributed by atoms with Gasteiger partial charge in [-0.05, 0) is 32.9 Å². The van der Waals surface area contributed by atoms with E-state index in [1.54, 1.807) is 23.9 Å². The van der Waals surface area contributed by atoms with E-state index in [9.17, 15) is 5.11 Å². The van der Waals surface area contributed by atoms with Gasteiger partial charge in [-0.1, -0.05) is 0 Å². The summed E-state index contributed by atoms with van der Waals surface area (Å²) < 4.78 is 7.25. The van der Waals surface area contributed by atoms with Crippen molar-refractivity contribution in [1.82, 2.24) is 30.4 Å². The van der Waals surface area contributed by atoms with Gasteiger partial charge in [0.15, 0.2) is 11.6 Å². The van der Waals surface area contributed by atoms with Crippen LogP contribution in [0.4, 0.5) is 5.82 Å². The highest BCUT2D eigenvalue weighted by Crippen LogP contribution is 2.23. The van der Waals surface area contributed by atoms with Gasteiger partial charge in [-0.15, -0.1) is 24.0 Å². The van der Waals surface area contributed by atoms with Gasteiger partial charge in [0.05, 0.1) is 18.1 Å². The van der Waals surface area contributed by atoms with Crippen LogP contribution in [0.2, 0.25) is 0 Å². The summed E-state index contributed by atoms with van der Waals surface area (Å²) in [7, 11) is 1.85. The van der Waals surface area contributed by atoms with Crippen LogP contribution in [0.15, 0.2) is 34.1 Å². The van der Waals surface area contributed by atoms with E-state index < -0.39 is 5.60 Å². The fraction of sp³-hybridized carbons (Fsp3) is 0.474. The first-order chi connectivity index (χ1) is 13.9. The van der Waals surface area contributed by atoms with Gasteiger partial charge in [0.25, 0.3) is 0 Å². The minimum absolute atomic E-state index is 0. The molecule has 10 nitrogen and oxygen atoms in total. The highest BCUT2D eigenvalue weighted by molar-refractivity contribution is 14.0. The fourth-order valence-corrected chi connectivity index (χ4v) is 2.84. The number of aliphatic hydroxyl groups is 1. The van der Waals surface area contributed by atoms with E-state index in [0.29, 0.717) is 31.4 Å². The van der Waals surface area contributed by atoms with Gasteiger partial charge in [0.2, 0.25) is 0 Å². The quantitative estimate of drug-likeness (QED) is 0.151. The Hall–Kier alpha value is -2.41. The summed E-state index contributed by atoms with van der Waals surface area (Å²) in [6, 6.07) is 3.60. The lowest BCUT2D eigenvalue weighted by Gasteiger charge is -2.19. The largest absolute Gasteiger partial charge is 0.463 e. The Bertz CT molecular complexity index is 982. The van der Waals surface area contributed by atoms with Gasteiger partial charge in [-0.3, -0.25) is 4.68 Å². The molecule has 0 aliphatic heterocycles. The third-order valence-electron chi connectivity index (χ3n) is 4.40. The smallest absolute Gasteiger partial charge is 0.191 e. The molecule has 1 unspecified atom stereocenters. The Morgan fingerprint density at radius 2 is 2.07 bits per heavy atom. The zero-order chi connectivity index (χ0) is 20.9. The van der Waals surface area contributed by atoms with Crippen LogP contribution in [0, 0.1) is 6.92 Å². The number of rotatable bonds is 8. The lowest BCUT2D eigenvalue weighted by molar-refractivity contribution is 0.0428. The van der Waals surface area contributed by atoms with Crippen molar-refractivity contribution < 1.29 is 9.52 Å². The second kappa shape index (κ2) is 10.6. The second-order valence-corrected chi connectivity index (χ2v) is 6.96. The maximum atomic E-state index is 10.6. The summed E-state index contributed by atoms with van der Waals surface area (Å²) in [5.41, 5.74) is -0.400. The summed E-state index contributed by atoms with van der Waals surface area (Å²) >= 11 is 0. The van der Waals surface area contributed by atoms with Crippen molar-refractivity contribution in [1.29, 1.82) is 0 Å². The Morgan fingerprint density at radius 1 is 1.27 bits per heavy atom. The molecule has 0 radical (unpaired) electrons. The molecule has 0 aliphatic carbocycles. The number of aromatic nitrogens is 4. The Labute approximate surface area is 192 Å². The SMILES string of the molecule is CCNC(=NCC(C)(O)c1ccc(C)o1)NCCNc1ncnc2c1cnn2C.I. The molecule has 3 heterocycles. The highest BCUT2D eigenvalue weighted by atomic mass is 127. The molecule has 164 valence electrons. The number of nitrogens with zero attached hydrogens (tertiary/aromatic N) is 5. The summed E-state index contributed by atoms with van der Waals surface area (Å²) in [5, 5.41) is 25.4. The van der Waals surface area contributed by atoms with Gasteiger partial charge in [-0.25, -0.2) is 15.0 Å². The summed E-state index contributed by atoms with van der Waals surface area (Å²) in [4.78, 5) is 13.0. The van der Waals surface area contributed by atoms with Gasteiger partial charge in [0.1, 0.15) is 29.3 Å². The molecular weight excluding hydrogens is 499 g/mol. The fourth-order valence-electron chi connectivity index (χ4n) is 2.84. The maximum absolute atomic E-state index is 10.6. The first kappa shape index (κ1) is 23.9. The van der Waals surface area contributed by atoms with Crippen LogP contribution in [0.25, 0.3) is 11.0 Å². The number of guanidine groups is 1. The minimum Gasteiger partial charge on any atom is -0.463 e. The van der Waals surface area contributed by atoms with Crippen LogP contribution < -0.4 is 16.0 Å². The first-order valence-corrected chi connectivity index (χ1v) is 9.58. The number of nitrogens with one attached hydrogen (secondary N) is 3. The van der Waals surface area contributed by atoms with E-state index in [1.807, 2.05) is 27.0 Å². The van der Waals surface area contributed by atoms with Gasteiger partial charge in [0, 0.05) is 26.7 Å². The molecule has 0 spiro atoms. The van der Waals surface area contributed by atoms with Crippen LogP contribution >= 0.6 is 24.0 Å². The number of aliphatic imine (C=N–C) groups is 1. The summed E-state index contributed by atoms with van der Waals surface area (Å²) in [6.07, 6.45) is 3.26. The van der Waals surface area contributed by atoms with Crippen molar-refractivity contribution in [2.45, 2.75) is 26.4 Å². The molecular formula is C19H29IN8O2. The molecule has 1 atom stereocenters. The molecule has 4 N–H and O–H groups in total. The van der Waals surface area contributed by atoms with Gasteiger partial charge in [-0.2, -0.15) is 5.10 Å². The number of hydrogen-bond acceptors (Lipinski definition) is 7. The Morgan fingerprint density at radius 3 is 2.77 bits per heavy atom. The van der Waals surface area contributed by atoms with Crippen molar-refractivity contribution in [2.75, 3.05) is 31.5 Å². The second-order valence-electron chi connectivity index (χ2n) is 6.96. The molecule has 0 aliphatic rings. The van der Waals surface area contributed by atoms with E-state index in [4.69, 9.17) is 4.42 Å². The molecule has 0 saturated carbocycles.